The molecule has 0 fully saturated rings. The van der Waals surface area contributed by atoms with E-state index in [1.165, 1.54) is 4.68 Å². The second kappa shape index (κ2) is 7.71. The molecule has 0 unspecified atom stereocenters. The van der Waals surface area contributed by atoms with Gasteiger partial charge in [0.05, 0.1) is 24.6 Å². The van der Waals surface area contributed by atoms with Crippen LogP contribution in [0.3, 0.4) is 0 Å². The highest BCUT2D eigenvalue weighted by Crippen LogP contribution is 2.37. The molecule has 0 saturated carbocycles. The Labute approximate surface area is 156 Å². The molecular formula is C19H29N3O3Si. The van der Waals surface area contributed by atoms with Crippen LogP contribution in [0.1, 0.15) is 49.4 Å². The molecule has 1 aromatic heterocycles. The maximum Gasteiger partial charge on any atom is 0.359 e. The van der Waals surface area contributed by atoms with Gasteiger partial charge < -0.3 is 9.16 Å². The number of hydrogen-bond donors (Lipinski definition) is 0. The molecule has 0 saturated heterocycles. The smallest absolute Gasteiger partial charge is 0.359 e. The van der Waals surface area contributed by atoms with Crippen LogP contribution in [-0.4, -0.2) is 35.9 Å². The molecule has 0 atom stereocenters. The first-order chi connectivity index (χ1) is 12.1. The lowest BCUT2D eigenvalue weighted by Gasteiger charge is -2.36. The largest absolute Gasteiger partial charge is 0.461 e. The van der Waals surface area contributed by atoms with Crippen molar-refractivity contribution in [2.45, 2.75) is 59.4 Å². The summed E-state index contributed by atoms with van der Waals surface area (Å²) < 4.78 is 12.9. The van der Waals surface area contributed by atoms with Gasteiger partial charge in [0, 0.05) is 0 Å². The van der Waals surface area contributed by atoms with E-state index in [1.807, 2.05) is 24.3 Å². The van der Waals surface area contributed by atoms with Gasteiger partial charge in [0.25, 0.3) is 0 Å². The van der Waals surface area contributed by atoms with Crippen LogP contribution >= 0.6 is 0 Å². The molecule has 1 heterocycles. The van der Waals surface area contributed by atoms with Gasteiger partial charge in [0.15, 0.2) is 14.0 Å². The van der Waals surface area contributed by atoms with Crippen molar-refractivity contribution < 1.29 is 14.0 Å². The highest BCUT2D eigenvalue weighted by molar-refractivity contribution is 6.74. The molecule has 0 bridgehead atoms. The zero-order chi connectivity index (χ0) is 19.5. The van der Waals surface area contributed by atoms with Crippen LogP contribution in [0.2, 0.25) is 18.1 Å². The van der Waals surface area contributed by atoms with Crippen molar-refractivity contribution >= 4 is 14.3 Å². The number of ether oxygens (including phenoxy) is 1. The van der Waals surface area contributed by atoms with Crippen LogP contribution in [0.15, 0.2) is 24.3 Å². The summed E-state index contributed by atoms with van der Waals surface area (Å²) in [5.41, 5.74) is 2.77. The van der Waals surface area contributed by atoms with Gasteiger partial charge in [-0.25, -0.2) is 9.48 Å². The third kappa shape index (κ3) is 4.39. The minimum atomic E-state index is -1.78. The molecule has 0 aliphatic heterocycles. The summed E-state index contributed by atoms with van der Waals surface area (Å²) in [6, 6.07) is 7.82. The molecule has 0 aliphatic rings. The Kier molecular flexibility index (Phi) is 6.03. The molecule has 7 heteroatoms. The van der Waals surface area contributed by atoms with E-state index in [0.717, 1.165) is 11.3 Å². The fourth-order valence-electron chi connectivity index (χ4n) is 2.19. The lowest BCUT2D eigenvalue weighted by molar-refractivity contribution is 0.0515. The molecule has 2 aromatic rings. The van der Waals surface area contributed by atoms with Crippen LogP contribution in [0.4, 0.5) is 0 Å². The number of rotatable bonds is 6. The third-order valence-electron chi connectivity index (χ3n) is 4.89. The predicted octanol–water partition coefficient (Wildman–Crippen LogP) is 4.27. The Morgan fingerprint density at radius 2 is 1.81 bits per heavy atom. The van der Waals surface area contributed by atoms with Crippen molar-refractivity contribution in [2.75, 3.05) is 6.61 Å². The zero-order valence-electron chi connectivity index (χ0n) is 16.8. The molecule has 0 radical (unpaired) electrons. The average molecular weight is 376 g/mol. The fraction of sp³-hybridized carbons (Fsp3) is 0.526. The van der Waals surface area contributed by atoms with Gasteiger partial charge in [-0.1, -0.05) is 38.1 Å². The van der Waals surface area contributed by atoms with Crippen LogP contribution in [0.25, 0.3) is 5.69 Å². The molecule has 0 spiro atoms. The van der Waals surface area contributed by atoms with E-state index < -0.39 is 14.3 Å². The van der Waals surface area contributed by atoms with Crippen LogP contribution in [-0.2, 0) is 15.8 Å². The maximum absolute atomic E-state index is 12.2. The Bertz CT molecular complexity index is 761. The minimum absolute atomic E-state index is 0.180. The van der Waals surface area contributed by atoms with Crippen molar-refractivity contribution in [1.82, 2.24) is 15.0 Å². The van der Waals surface area contributed by atoms with Crippen molar-refractivity contribution in [3.05, 3.63) is 41.2 Å². The summed E-state index contributed by atoms with van der Waals surface area (Å²) in [4.78, 5) is 12.2. The summed E-state index contributed by atoms with van der Waals surface area (Å²) in [5, 5.41) is 8.27. The standard InChI is InChI=1S/C19H29N3O3Si/c1-8-24-18(23)17-14(2)20-21-22(17)16-11-9-15(10-12-16)13-25-26(6,7)19(3,4)5/h9-12H,8,13H2,1-7H3. The monoisotopic (exact) mass is 375 g/mol. The average Bonchev–Trinajstić information content (AvgIpc) is 2.94. The van der Waals surface area contributed by atoms with Crippen molar-refractivity contribution in [3.63, 3.8) is 0 Å². The van der Waals surface area contributed by atoms with E-state index in [2.05, 4.69) is 44.2 Å². The predicted molar refractivity (Wildman–Crippen MR) is 104 cm³/mol. The highest BCUT2D eigenvalue weighted by Gasteiger charge is 2.37. The molecule has 142 valence electrons. The van der Waals surface area contributed by atoms with Crippen LogP contribution in [0, 0.1) is 6.92 Å². The lowest BCUT2D eigenvalue weighted by Crippen LogP contribution is -2.40. The Hall–Kier alpha value is -1.99. The van der Waals surface area contributed by atoms with Crippen molar-refractivity contribution in [2.24, 2.45) is 0 Å². The second-order valence-electron chi connectivity index (χ2n) is 7.87. The number of aryl methyl sites for hydroxylation is 1. The van der Waals surface area contributed by atoms with Gasteiger partial charge >= 0.3 is 5.97 Å². The minimum Gasteiger partial charge on any atom is -0.461 e. The summed E-state index contributed by atoms with van der Waals surface area (Å²) in [6.45, 7) is 15.6. The third-order valence-corrected chi connectivity index (χ3v) is 9.37. The van der Waals surface area contributed by atoms with Gasteiger partial charge in [-0.3, -0.25) is 0 Å². The number of esters is 1. The first kappa shape index (κ1) is 20.3. The normalized spacial score (nSPS) is 12.3. The number of nitrogens with zero attached hydrogens (tertiary/aromatic N) is 3. The maximum atomic E-state index is 12.2. The summed E-state index contributed by atoms with van der Waals surface area (Å²) in [6.07, 6.45) is 0. The topological polar surface area (TPSA) is 66.2 Å². The molecule has 0 aliphatic carbocycles. The Morgan fingerprint density at radius 1 is 1.19 bits per heavy atom. The van der Waals surface area contributed by atoms with E-state index in [0.29, 0.717) is 24.6 Å². The Morgan fingerprint density at radius 3 is 2.35 bits per heavy atom. The van der Waals surface area contributed by atoms with Gasteiger partial charge in [-0.05, 0) is 49.7 Å². The van der Waals surface area contributed by atoms with Crippen LogP contribution < -0.4 is 0 Å². The lowest BCUT2D eigenvalue weighted by atomic mass is 10.2. The van der Waals surface area contributed by atoms with Gasteiger partial charge in [0.1, 0.15) is 0 Å². The SMILES string of the molecule is CCOC(=O)c1c(C)nnn1-c1ccc(CO[Si](C)(C)C(C)(C)C)cc1. The molecule has 0 amide bonds. The van der Waals surface area contributed by atoms with Gasteiger partial charge in [0.2, 0.25) is 0 Å². The number of hydrogen-bond acceptors (Lipinski definition) is 5. The van der Waals surface area contributed by atoms with E-state index >= 15 is 0 Å². The number of benzene rings is 1. The molecule has 1 aromatic carbocycles. The molecule has 2 rings (SSSR count). The zero-order valence-corrected chi connectivity index (χ0v) is 17.8. The fourth-order valence-corrected chi connectivity index (χ4v) is 3.15. The second-order valence-corrected chi connectivity index (χ2v) is 12.7. The van der Waals surface area contributed by atoms with Gasteiger partial charge in [-0.2, -0.15) is 0 Å². The first-order valence-electron chi connectivity index (χ1n) is 8.89. The molecule has 26 heavy (non-hydrogen) atoms. The van der Waals surface area contributed by atoms with Crippen molar-refractivity contribution in [1.29, 1.82) is 0 Å². The van der Waals surface area contributed by atoms with Crippen LogP contribution in [0.5, 0.6) is 0 Å². The van der Waals surface area contributed by atoms with E-state index in [4.69, 9.17) is 9.16 Å². The van der Waals surface area contributed by atoms with Crippen molar-refractivity contribution in [3.8, 4) is 5.69 Å². The summed E-state index contributed by atoms with van der Waals surface area (Å²) in [7, 11) is -1.78. The number of carbonyl (C=O) groups is 1. The number of aromatic nitrogens is 3. The summed E-state index contributed by atoms with van der Waals surface area (Å²) >= 11 is 0. The Balaban J connectivity index is 2.17. The first-order valence-corrected chi connectivity index (χ1v) is 11.8. The molecule has 0 N–H and O–H groups in total. The molecule has 6 nitrogen and oxygen atoms in total. The summed E-state index contributed by atoms with van der Waals surface area (Å²) in [5.74, 6) is -0.416. The van der Waals surface area contributed by atoms with Gasteiger partial charge in [-0.15, -0.1) is 5.10 Å². The van der Waals surface area contributed by atoms with E-state index in [-0.39, 0.29) is 5.04 Å². The highest BCUT2D eigenvalue weighted by atomic mass is 28.4. The van der Waals surface area contributed by atoms with E-state index in [9.17, 15) is 4.79 Å². The van der Waals surface area contributed by atoms with E-state index in [1.54, 1.807) is 13.8 Å². The molecular weight excluding hydrogens is 346 g/mol. The number of carbonyl (C=O) groups excluding carboxylic acids is 1. The quantitative estimate of drug-likeness (QED) is 0.557.